The normalized spacial score (nSPS) is 12.1. The van der Waals surface area contributed by atoms with Gasteiger partial charge in [-0.15, -0.1) is 0 Å². The van der Waals surface area contributed by atoms with E-state index in [0.29, 0.717) is 5.82 Å². The van der Waals surface area contributed by atoms with Gasteiger partial charge in [0.1, 0.15) is 0 Å². The Morgan fingerprint density at radius 3 is 2.72 bits per heavy atom. The Morgan fingerprint density at radius 2 is 2.22 bits per heavy atom. The molecule has 0 saturated carbocycles. The van der Waals surface area contributed by atoms with Crippen LogP contribution in [0.15, 0.2) is 4.79 Å². The van der Waals surface area contributed by atoms with Crippen LogP contribution < -0.4 is 11.4 Å². The first-order valence-corrected chi connectivity index (χ1v) is 5.41. The molecule has 1 heterocycles. The van der Waals surface area contributed by atoms with Crippen LogP contribution in [0.4, 0.5) is 0 Å². The first-order chi connectivity index (χ1) is 8.40. The van der Waals surface area contributed by atoms with Crippen LogP contribution in [0.2, 0.25) is 0 Å². The van der Waals surface area contributed by atoms with Crippen LogP contribution in [0.3, 0.4) is 0 Å². The third-order valence-corrected chi connectivity index (χ3v) is 2.45. The SMILES string of the molecule is C[C@@H](C[CH]C(=O)N(C)Cc1n[nH]c(=O)[nH]1)C(N)=O. The van der Waals surface area contributed by atoms with Gasteiger partial charge in [-0.2, -0.15) is 5.10 Å². The smallest absolute Gasteiger partial charge is 0.340 e. The summed E-state index contributed by atoms with van der Waals surface area (Å²) in [5.41, 5.74) is 4.67. The van der Waals surface area contributed by atoms with Gasteiger partial charge in [-0.1, -0.05) is 6.92 Å². The van der Waals surface area contributed by atoms with E-state index in [4.69, 9.17) is 5.73 Å². The van der Waals surface area contributed by atoms with E-state index in [-0.39, 0.29) is 24.8 Å². The van der Waals surface area contributed by atoms with Crippen LogP contribution in [0.25, 0.3) is 0 Å². The largest absolute Gasteiger partial charge is 0.369 e. The van der Waals surface area contributed by atoms with Gasteiger partial charge < -0.3 is 10.6 Å². The molecule has 1 atom stereocenters. The Morgan fingerprint density at radius 1 is 1.56 bits per heavy atom. The number of H-pyrrole nitrogens is 2. The Kier molecular flexibility index (Phi) is 4.64. The van der Waals surface area contributed by atoms with Crippen LogP contribution in [-0.4, -0.2) is 38.9 Å². The second-order valence-corrected chi connectivity index (χ2v) is 4.06. The van der Waals surface area contributed by atoms with Crippen LogP contribution in [0.1, 0.15) is 19.2 Å². The lowest BCUT2D eigenvalue weighted by Crippen LogP contribution is -2.29. The first kappa shape index (κ1) is 13.9. The maximum absolute atomic E-state index is 11.7. The van der Waals surface area contributed by atoms with Gasteiger partial charge in [0.25, 0.3) is 0 Å². The van der Waals surface area contributed by atoms with Gasteiger partial charge in [0.05, 0.1) is 13.0 Å². The summed E-state index contributed by atoms with van der Waals surface area (Å²) in [5.74, 6) is -0.718. The Hall–Kier alpha value is -2.12. The van der Waals surface area contributed by atoms with E-state index in [0.717, 1.165) is 0 Å². The number of hydrogen-bond acceptors (Lipinski definition) is 4. The van der Waals surface area contributed by atoms with E-state index in [1.807, 2.05) is 0 Å². The number of nitrogens with two attached hydrogens (primary N) is 1. The molecular formula is C10H16N5O3. The molecule has 0 aliphatic rings. The van der Waals surface area contributed by atoms with Crippen molar-refractivity contribution in [2.75, 3.05) is 7.05 Å². The third kappa shape index (κ3) is 4.04. The molecule has 0 aromatic carbocycles. The Balaban J connectivity index is 2.42. The van der Waals surface area contributed by atoms with Gasteiger partial charge in [-0.05, 0) is 6.42 Å². The highest BCUT2D eigenvalue weighted by Crippen LogP contribution is 2.06. The van der Waals surface area contributed by atoms with Crippen molar-refractivity contribution in [2.24, 2.45) is 11.7 Å². The lowest BCUT2D eigenvalue weighted by atomic mass is 10.0. The van der Waals surface area contributed by atoms with Gasteiger partial charge in [0.2, 0.25) is 11.8 Å². The highest BCUT2D eigenvalue weighted by molar-refractivity contribution is 5.85. The molecule has 0 aliphatic heterocycles. The molecule has 0 bridgehead atoms. The number of aromatic amines is 2. The molecular weight excluding hydrogens is 238 g/mol. The molecule has 1 radical (unpaired) electrons. The number of carbonyl (C=O) groups is 2. The minimum atomic E-state index is -0.446. The summed E-state index contributed by atoms with van der Waals surface area (Å²) >= 11 is 0. The van der Waals surface area contributed by atoms with Crippen LogP contribution in [0.5, 0.6) is 0 Å². The van der Waals surface area contributed by atoms with Crippen molar-refractivity contribution in [2.45, 2.75) is 19.9 Å². The number of carbonyl (C=O) groups excluding carboxylic acids is 2. The zero-order valence-corrected chi connectivity index (χ0v) is 10.3. The molecule has 0 aliphatic carbocycles. The second-order valence-electron chi connectivity index (χ2n) is 4.06. The molecule has 0 spiro atoms. The number of amides is 2. The molecule has 8 nitrogen and oxygen atoms in total. The average Bonchev–Trinajstić information content (AvgIpc) is 2.70. The maximum Gasteiger partial charge on any atom is 0.340 e. The quantitative estimate of drug-likeness (QED) is 0.587. The van der Waals surface area contributed by atoms with Crippen molar-refractivity contribution in [3.63, 3.8) is 0 Å². The monoisotopic (exact) mass is 254 g/mol. The third-order valence-electron chi connectivity index (χ3n) is 2.45. The molecule has 2 amide bonds. The van der Waals surface area contributed by atoms with Gasteiger partial charge >= 0.3 is 5.69 Å². The molecule has 1 aromatic heterocycles. The van der Waals surface area contributed by atoms with Gasteiger partial charge in [0, 0.05) is 13.0 Å². The minimum absolute atomic E-state index is 0.180. The number of primary amides is 1. The Bertz CT molecular complexity index is 478. The molecule has 1 rings (SSSR count). The topological polar surface area (TPSA) is 125 Å². The number of rotatable bonds is 6. The summed E-state index contributed by atoms with van der Waals surface area (Å²) in [6.07, 6.45) is 1.68. The van der Waals surface area contributed by atoms with Crippen LogP contribution in [0, 0.1) is 12.3 Å². The van der Waals surface area contributed by atoms with Crippen molar-refractivity contribution in [3.8, 4) is 0 Å². The van der Waals surface area contributed by atoms with E-state index >= 15 is 0 Å². The molecule has 0 saturated heterocycles. The van der Waals surface area contributed by atoms with Crippen LogP contribution >= 0.6 is 0 Å². The summed E-state index contributed by atoms with van der Waals surface area (Å²) in [7, 11) is 1.57. The van der Waals surface area contributed by atoms with Crippen LogP contribution in [-0.2, 0) is 16.1 Å². The van der Waals surface area contributed by atoms with Gasteiger partial charge in [-0.3, -0.25) is 14.6 Å². The fourth-order valence-corrected chi connectivity index (χ4v) is 1.23. The molecule has 99 valence electrons. The molecule has 0 fully saturated rings. The average molecular weight is 254 g/mol. The van der Waals surface area contributed by atoms with Crippen molar-refractivity contribution < 1.29 is 9.59 Å². The highest BCUT2D eigenvalue weighted by atomic mass is 16.2. The lowest BCUT2D eigenvalue weighted by Gasteiger charge is -2.15. The van der Waals surface area contributed by atoms with E-state index in [1.54, 1.807) is 14.0 Å². The number of hydrogen-bond donors (Lipinski definition) is 3. The Labute approximate surface area is 104 Å². The highest BCUT2D eigenvalue weighted by Gasteiger charge is 2.15. The first-order valence-electron chi connectivity index (χ1n) is 5.41. The summed E-state index contributed by atoms with van der Waals surface area (Å²) in [6, 6.07) is 0. The maximum atomic E-state index is 11.7. The van der Waals surface area contributed by atoms with E-state index in [1.165, 1.54) is 11.3 Å². The van der Waals surface area contributed by atoms with E-state index in [2.05, 4.69) is 15.2 Å². The standard InChI is InChI=1S/C10H16N5O3/c1-6(9(11)17)3-4-8(16)15(2)5-7-12-10(18)14-13-7/h4,6H,3,5H2,1-2H3,(H2,11,17)(H2,12,13,14,18)/t6-/m0/s1. The summed E-state index contributed by atoms with van der Waals surface area (Å²) < 4.78 is 0. The van der Waals surface area contributed by atoms with Crippen molar-refractivity contribution in [3.05, 3.63) is 22.7 Å². The number of aromatic nitrogens is 3. The summed E-state index contributed by atoms with van der Waals surface area (Å²) in [5, 5.41) is 5.89. The number of nitrogens with zero attached hydrogens (tertiary/aromatic N) is 2. The molecule has 8 heteroatoms. The van der Waals surface area contributed by atoms with Crippen molar-refractivity contribution >= 4 is 11.8 Å². The minimum Gasteiger partial charge on any atom is -0.369 e. The fraction of sp³-hybridized carbons (Fsp3) is 0.500. The summed E-state index contributed by atoms with van der Waals surface area (Å²) in [6.45, 7) is 1.83. The molecule has 1 aromatic rings. The lowest BCUT2D eigenvalue weighted by molar-refractivity contribution is -0.127. The van der Waals surface area contributed by atoms with E-state index < -0.39 is 11.6 Å². The zero-order valence-electron chi connectivity index (χ0n) is 10.3. The van der Waals surface area contributed by atoms with Crippen molar-refractivity contribution in [1.82, 2.24) is 20.1 Å². The predicted molar refractivity (Wildman–Crippen MR) is 63.0 cm³/mol. The fourth-order valence-electron chi connectivity index (χ4n) is 1.23. The predicted octanol–water partition coefficient (Wildman–Crippen LogP) is -1.23. The second kappa shape index (κ2) is 5.99. The molecule has 18 heavy (non-hydrogen) atoms. The van der Waals surface area contributed by atoms with Gasteiger partial charge in [-0.25, -0.2) is 9.89 Å². The van der Waals surface area contributed by atoms with E-state index in [9.17, 15) is 14.4 Å². The number of nitrogens with one attached hydrogen (secondary N) is 2. The van der Waals surface area contributed by atoms with Gasteiger partial charge in [0.15, 0.2) is 5.82 Å². The summed E-state index contributed by atoms with van der Waals surface area (Å²) in [4.78, 5) is 37.1. The van der Waals surface area contributed by atoms with Crippen molar-refractivity contribution in [1.29, 1.82) is 0 Å². The molecule has 4 N–H and O–H groups in total. The molecule has 0 unspecified atom stereocenters. The zero-order chi connectivity index (χ0) is 13.7.